The summed E-state index contributed by atoms with van der Waals surface area (Å²) in [6, 6.07) is 20.0. The van der Waals surface area contributed by atoms with Gasteiger partial charge in [0.2, 0.25) is 11.8 Å². The van der Waals surface area contributed by atoms with Crippen LogP contribution in [0, 0.1) is 24.7 Å². The lowest BCUT2D eigenvalue weighted by atomic mass is 9.55. The highest BCUT2D eigenvalue weighted by atomic mass is 35.5. The summed E-state index contributed by atoms with van der Waals surface area (Å²) >= 11 is 6.13. The molecule has 3 atom stereocenters. The van der Waals surface area contributed by atoms with Crippen LogP contribution in [0.25, 0.3) is 0 Å². The molecule has 0 aromatic heterocycles. The maximum atomic E-state index is 14.1. The number of halogens is 1. The Labute approximate surface area is 237 Å². The van der Waals surface area contributed by atoms with Gasteiger partial charge in [0.1, 0.15) is 6.04 Å². The Morgan fingerprint density at radius 1 is 0.850 bits per heavy atom. The highest BCUT2D eigenvalue weighted by Crippen LogP contribution is 2.61. The van der Waals surface area contributed by atoms with Gasteiger partial charge in [-0.2, -0.15) is 0 Å². The average molecular weight is 557 g/mol. The number of likely N-dealkylation sites (tertiary alicyclic amines) is 1. The van der Waals surface area contributed by atoms with Gasteiger partial charge in [0.05, 0.1) is 11.8 Å². The molecular weight excluding hydrogens is 528 g/mol. The molecule has 1 saturated heterocycles. The van der Waals surface area contributed by atoms with Crippen LogP contribution in [0.3, 0.4) is 0 Å². The van der Waals surface area contributed by atoms with E-state index >= 15 is 0 Å². The molecule has 0 radical (unpaired) electrons. The quantitative estimate of drug-likeness (QED) is 0.339. The second-order valence-corrected chi connectivity index (χ2v) is 11.5. The molecule has 3 aromatic rings. The Kier molecular flexibility index (Phi) is 6.50. The fourth-order valence-electron chi connectivity index (χ4n) is 6.80. The number of carbonyl (C=O) groups is 4. The third-order valence-corrected chi connectivity index (χ3v) is 8.93. The first-order chi connectivity index (χ1) is 19.2. The highest BCUT2D eigenvalue weighted by molar-refractivity contribution is 6.31. The lowest BCUT2D eigenvalue weighted by Crippen LogP contribution is -2.49. The number of benzene rings is 3. The molecule has 7 rings (SSSR count). The SMILES string of the molecule is Cc1c(Cl)cccc1NC(=O)COC(=O)[C@H](C(C)C)N1C(=O)[C@@H]2C3c4ccccc4C(c4ccccc43)[C@H]2C1=O. The van der Waals surface area contributed by atoms with Crippen LogP contribution in [-0.2, 0) is 23.9 Å². The molecule has 0 saturated carbocycles. The van der Waals surface area contributed by atoms with Gasteiger partial charge in [0.25, 0.3) is 5.91 Å². The van der Waals surface area contributed by atoms with Crippen molar-refractivity contribution in [3.05, 3.63) is 99.6 Å². The van der Waals surface area contributed by atoms with E-state index in [1.165, 1.54) is 0 Å². The predicted molar refractivity (Wildman–Crippen MR) is 150 cm³/mol. The number of hydrogen-bond donors (Lipinski definition) is 1. The van der Waals surface area contributed by atoms with Crippen LogP contribution in [0.5, 0.6) is 0 Å². The van der Waals surface area contributed by atoms with Gasteiger partial charge >= 0.3 is 5.97 Å². The van der Waals surface area contributed by atoms with E-state index in [9.17, 15) is 19.2 Å². The summed E-state index contributed by atoms with van der Waals surface area (Å²) < 4.78 is 5.39. The van der Waals surface area contributed by atoms with E-state index in [1.807, 2.05) is 48.5 Å². The molecule has 3 amide bonds. The van der Waals surface area contributed by atoms with Crippen molar-refractivity contribution in [3.63, 3.8) is 0 Å². The molecule has 204 valence electrons. The summed E-state index contributed by atoms with van der Waals surface area (Å²) in [5, 5.41) is 3.19. The lowest BCUT2D eigenvalue weighted by molar-refractivity contribution is -0.162. The number of ether oxygens (including phenoxy) is 1. The molecule has 1 fully saturated rings. The summed E-state index contributed by atoms with van der Waals surface area (Å²) in [5.41, 5.74) is 5.45. The normalized spacial score (nSPS) is 23.0. The molecule has 3 aromatic carbocycles. The molecular formula is C32H29ClN2O5. The van der Waals surface area contributed by atoms with Gasteiger partial charge in [0.15, 0.2) is 6.61 Å². The third-order valence-electron chi connectivity index (χ3n) is 8.52. The standard InChI is InChI=1S/C32H29ClN2O5/c1-16(2)29(32(39)40-15-24(36)34-23-14-8-13-22(33)17(23)3)35-30(37)27-25-18-9-4-5-10-19(18)26(28(27)31(35)38)21-12-7-6-11-20(21)25/h4-14,16,25-29H,15H2,1-3H3,(H,34,36)/t25?,26?,27-,28-,29+/m1/s1. The molecule has 4 aliphatic rings. The number of hydrogen-bond acceptors (Lipinski definition) is 5. The van der Waals surface area contributed by atoms with Crippen molar-refractivity contribution in [1.82, 2.24) is 4.90 Å². The summed E-state index contributed by atoms with van der Waals surface area (Å²) in [5.74, 6) is -4.17. The van der Waals surface area contributed by atoms with Crippen LogP contribution in [0.4, 0.5) is 5.69 Å². The van der Waals surface area contributed by atoms with Crippen molar-refractivity contribution in [2.45, 2.75) is 38.6 Å². The Morgan fingerprint density at radius 2 is 1.35 bits per heavy atom. The van der Waals surface area contributed by atoms with Crippen molar-refractivity contribution >= 4 is 41.0 Å². The highest BCUT2D eigenvalue weighted by Gasteiger charge is 2.63. The minimum absolute atomic E-state index is 0.264. The summed E-state index contributed by atoms with van der Waals surface area (Å²) in [6.07, 6.45) is 0. The molecule has 1 N–H and O–H groups in total. The smallest absolute Gasteiger partial charge is 0.330 e. The van der Waals surface area contributed by atoms with Gasteiger partial charge in [0, 0.05) is 22.5 Å². The first-order valence-corrected chi connectivity index (χ1v) is 13.8. The van der Waals surface area contributed by atoms with Crippen molar-refractivity contribution in [2.24, 2.45) is 17.8 Å². The second-order valence-electron chi connectivity index (χ2n) is 11.1. The summed E-state index contributed by atoms with van der Waals surface area (Å²) in [7, 11) is 0. The first kappa shape index (κ1) is 26.3. The number of carbonyl (C=O) groups excluding carboxylic acids is 4. The van der Waals surface area contributed by atoms with Crippen molar-refractivity contribution in [1.29, 1.82) is 0 Å². The molecule has 2 bridgehead atoms. The molecule has 8 heteroatoms. The summed E-state index contributed by atoms with van der Waals surface area (Å²) in [6.45, 7) is 4.75. The Morgan fingerprint density at radius 3 is 1.82 bits per heavy atom. The third kappa shape index (κ3) is 3.94. The van der Waals surface area contributed by atoms with Crippen LogP contribution < -0.4 is 5.32 Å². The fourth-order valence-corrected chi connectivity index (χ4v) is 6.98. The molecule has 7 nitrogen and oxygen atoms in total. The van der Waals surface area contributed by atoms with Gasteiger partial charge in [-0.25, -0.2) is 4.79 Å². The minimum Gasteiger partial charge on any atom is -0.454 e. The van der Waals surface area contributed by atoms with Crippen molar-refractivity contribution in [2.75, 3.05) is 11.9 Å². The van der Waals surface area contributed by atoms with E-state index in [1.54, 1.807) is 39.0 Å². The first-order valence-electron chi connectivity index (χ1n) is 13.5. The van der Waals surface area contributed by atoms with Gasteiger partial charge in [-0.1, -0.05) is 80.0 Å². The zero-order valence-electron chi connectivity index (χ0n) is 22.4. The largest absolute Gasteiger partial charge is 0.454 e. The Balaban J connectivity index is 1.26. The zero-order valence-corrected chi connectivity index (χ0v) is 23.1. The van der Waals surface area contributed by atoms with E-state index < -0.39 is 42.3 Å². The number of esters is 1. The van der Waals surface area contributed by atoms with Crippen LogP contribution >= 0.6 is 11.6 Å². The van der Waals surface area contributed by atoms with Crippen molar-refractivity contribution in [3.8, 4) is 0 Å². The Bertz CT molecular complexity index is 1450. The maximum Gasteiger partial charge on any atom is 0.330 e. The molecule has 3 aliphatic carbocycles. The van der Waals surface area contributed by atoms with Crippen LogP contribution in [0.15, 0.2) is 66.7 Å². The van der Waals surface area contributed by atoms with E-state index in [4.69, 9.17) is 16.3 Å². The predicted octanol–water partition coefficient (Wildman–Crippen LogP) is 5.05. The van der Waals surface area contributed by atoms with Gasteiger partial charge < -0.3 is 10.1 Å². The second kappa shape index (κ2) is 9.89. The number of amides is 3. The Hall–Kier alpha value is -3.97. The zero-order chi connectivity index (χ0) is 28.3. The van der Waals surface area contributed by atoms with E-state index in [0.29, 0.717) is 16.3 Å². The number of rotatable bonds is 6. The number of nitrogens with zero attached hydrogens (tertiary/aromatic N) is 1. The van der Waals surface area contributed by atoms with Crippen LogP contribution in [0.2, 0.25) is 5.02 Å². The van der Waals surface area contributed by atoms with Gasteiger partial charge in [-0.15, -0.1) is 0 Å². The number of imide groups is 1. The topological polar surface area (TPSA) is 92.8 Å². The monoisotopic (exact) mass is 556 g/mol. The minimum atomic E-state index is -1.14. The maximum absolute atomic E-state index is 14.1. The van der Waals surface area contributed by atoms with Crippen LogP contribution in [-0.4, -0.2) is 41.2 Å². The van der Waals surface area contributed by atoms with E-state index in [2.05, 4.69) is 5.32 Å². The fraction of sp³-hybridized carbons (Fsp3) is 0.312. The number of nitrogens with one attached hydrogen (secondary N) is 1. The van der Waals surface area contributed by atoms with Gasteiger partial charge in [-0.3, -0.25) is 19.3 Å². The van der Waals surface area contributed by atoms with E-state index in [-0.39, 0.29) is 23.7 Å². The molecule has 0 unspecified atom stereocenters. The molecule has 40 heavy (non-hydrogen) atoms. The molecule has 1 heterocycles. The average Bonchev–Trinajstić information content (AvgIpc) is 3.20. The summed E-state index contributed by atoms with van der Waals surface area (Å²) in [4.78, 5) is 55.2. The van der Waals surface area contributed by atoms with Crippen LogP contribution in [0.1, 0.15) is 53.5 Å². The van der Waals surface area contributed by atoms with Gasteiger partial charge in [-0.05, 0) is 52.8 Å². The van der Waals surface area contributed by atoms with Crippen molar-refractivity contribution < 1.29 is 23.9 Å². The lowest BCUT2D eigenvalue weighted by Gasteiger charge is -2.45. The molecule has 1 aliphatic heterocycles. The molecule has 0 spiro atoms. The van der Waals surface area contributed by atoms with E-state index in [0.717, 1.165) is 27.2 Å². The number of anilines is 1.